The molecule has 110 valence electrons. The molecule has 0 heterocycles. The summed E-state index contributed by atoms with van der Waals surface area (Å²) in [6.45, 7) is 2.36. The van der Waals surface area contributed by atoms with Crippen molar-refractivity contribution in [2.24, 2.45) is 17.8 Å². The summed E-state index contributed by atoms with van der Waals surface area (Å²) in [6, 6.07) is 0. The Kier molecular flexibility index (Phi) is 6.71. The molecule has 2 saturated carbocycles. The number of hydrogen-bond donors (Lipinski definition) is 0. The molecule has 0 radical (unpaired) electrons. The zero-order valence-corrected chi connectivity index (χ0v) is 12.6. The Hall–Kier alpha value is -0.0300. The van der Waals surface area contributed by atoms with E-state index in [-0.39, 0.29) is 0 Å². The van der Waals surface area contributed by atoms with Gasteiger partial charge in [-0.25, -0.2) is 0 Å². The fraction of sp³-hybridized carbons (Fsp3) is 0.867. The maximum absolute atomic E-state index is 9.95. The minimum absolute atomic E-state index is 0.376. The maximum Gasteiger partial charge on any atom is 0.0405 e. The SMILES string of the molecule is CC1CCC(C=CC2CCCCC2SOO[O-])CC1. The van der Waals surface area contributed by atoms with Gasteiger partial charge in [-0.1, -0.05) is 44.8 Å². The first kappa shape index (κ1) is 15.4. The minimum atomic E-state index is 0.376. The first-order valence-corrected chi connectivity index (χ1v) is 8.40. The molecule has 2 fully saturated rings. The van der Waals surface area contributed by atoms with Gasteiger partial charge in [0.25, 0.3) is 0 Å². The van der Waals surface area contributed by atoms with Crippen LogP contribution in [0.1, 0.15) is 58.3 Å². The molecule has 19 heavy (non-hydrogen) atoms. The number of rotatable bonds is 5. The second-order valence-electron chi connectivity index (χ2n) is 6.12. The Balaban J connectivity index is 1.81. The molecule has 0 aromatic rings. The van der Waals surface area contributed by atoms with Gasteiger partial charge in [-0.3, -0.25) is 5.04 Å². The summed E-state index contributed by atoms with van der Waals surface area (Å²) in [5.41, 5.74) is 0. The highest BCUT2D eigenvalue weighted by atomic mass is 32.2. The quantitative estimate of drug-likeness (QED) is 0.333. The van der Waals surface area contributed by atoms with Gasteiger partial charge in [-0.2, -0.15) is 4.33 Å². The zero-order valence-electron chi connectivity index (χ0n) is 11.8. The van der Waals surface area contributed by atoms with Crippen LogP contribution in [0.15, 0.2) is 12.2 Å². The molecule has 2 aliphatic rings. The van der Waals surface area contributed by atoms with Gasteiger partial charge in [0, 0.05) is 17.3 Å². The van der Waals surface area contributed by atoms with E-state index in [1.807, 2.05) is 0 Å². The van der Waals surface area contributed by atoms with E-state index in [0.29, 0.717) is 11.2 Å². The van der Waals surface area contributed by atoms with Crippen molar-refractivity contribution in [1.82, 2.24) is 0 Å². The molecule has 0 bridgehead atoms. The van der Waals surface area contributed by atoms with Crippen LogP contribution in [0.5, 0.6) is 0 Å². The van der Waals surface area contributed by atoms with E-state index in [1.165, 1.54) is 57.0 Å². The van der Waals surface area contributed by atoms with Crippen LogP contribution < -0.4 is 5.26 Å². The van der Waals surface area contributed by atoms with Crippen LogP contribution in [-0.2, 0) is 9.37 Å². The molecule has 2 unspecified atom stereocenters. The smallest absolute Gasteiger partial charge is 0.0405 e. The van der Waals surface area contributed by atoms with Crippen LogP contribution in [0, 0.1) is 17.8 Å². The average Bonchev–Trinajstić information content (AvgIpc) is 2.45. The lowest BCUT2D eigenvalue weighted by atomic mass is 9.81. The predicted molar refractivity (Wildman–Crippen MR) is 75.8 cm³/mol. The molecule has 0 saturated heterocycles. The lowest BCUT2D eigenvalue weighted by Gasteiger charge is -2.29. The van der Waals surface area contributed by atoms with Gasteiger partial charge in [0.1, 0.15) is 0 Å². The molecule has 0 N–H and O–H groups in total. The minimum Gasteiger partial charge on any atom is -0.691 e. The van der Waals surface area contributed by atoms with Crippen LogP contribution in [0.4, 0.5) is 0 Å². The highest BCUT2D eigenvalue weighted by Crippen LogP contribution is 2.36. The number of allylic oxidation sites excluding steroid dienone is 2. The third-order valence-corrected chi connectivity index (χ3v) is 5.60. The largest absolute Gasteiger partial charge is 0.691 e. The third kappa shape index (κ3) is 5.10. The van der Waals surface area contributed by atoms with E-state index in [9.17, 15) is 5.26 Å². The highest BCUT2D eigenvalue weighted by Gasteiger charge is 2.25. The van der Waals surface area contributed by atoms with Crippen LogP contribution in [0.25, 0.3) is 0 Å². The summed E-state index contributed by atoms with van der Waals surface area (Å²) in [5.74, 6) is 2.21. The Labute approximate surface area is 120 Å². The van der Waals surface area contributed by atoms with Crippen LogP contribution in [0.3, 0.4) is 0 Å². The topological polar surface area (TPSA) is 41.5 Å². The van der Waals surface area contributed by atoms with Crippen LogP contribution in [-0.4, -0.2) is 5.25 Å². The second-order valence-corrected chi connectivity index (χ2v) is 7.06. The lowest BCUT2D eigenvalue weighted by Crippen LogP contribution is -2.21. The molecule has 2 atom stereocenters. The van der Waals surface area contributed by atoms with E-state index < -0.39 is 0 Å². The Morgan fingerprint density at radius 1 is 1.00 bits per heavy atom. The van der Waals surface area contributed by atoms with Crippen molar-refractivity contribution in [3.05, 3.63) is 12.2 Å². The van der Waals surface area contributed by atoms with Crippen molar-refractivity contribution >= 4 is 12.0 Å². The Bertz CT molecular complexity index is 275. The van der Waals surface area contributed by atoms with Crippen molar-refractivity contribution in [3.63, 3.8) is 0 Å². The molecule has 0 aromatic carbocycles. The van der Waals surface area contributed by atoms with Crippen molar-refractivity contribution in [3.8, 4) is 0 Å². The molecule has 3 nitrogen and oxygen atoms in total. The molecule has 4 heteroatoms. The average molecular weight is 285 g/mol. The van der Waals surface area contributed by atoms with Crippen molar-refractivity contribution in [1.29, 1.82) is 0 Å². The van der Waals surface area contributed by atoms with E-state index in [1.54, 1.807) is 0 Å². The van der Waals surface area contributed by atoms with E-state index >= 15 is 0 Å². The Morgan fingerprint density at radius 2 is 1.74 bits per heavy atom. The molecular formula is C15H25O3S-. The van der Waals surface area contributed by atoms with E-state index in [2.05, 4.69) is 28.4 Å². The molecule has 2 rings (SSSR count). The molecule has 0 aliphatic heterocycles. The summed E-state index contributed by atoms with van der Waals surface area (Å²) >= 11 is 1.21. The van der Waals surface area contributed by atoms with Crippen molar-refractivity contribution in [2.75, 3.05) is 0 Å². The first-order valence-electron chi connectivity index (χ1n) is 7.60. The monoisotopic (exact) mass is 285 g/mol. The summed E-state index contributed by atoms with van der Waals surface area (Å²) in [4.78, 5) is 0. The van der Waals surface area contributed by atoms with E-state index in [4.69, 9.17) is 0 Å². The van der Waals surface area contributed by atoms with Gasteiger partial charge in [-0.15, -0.1) is 0 Å². The molecule has 0 aromatic heterocycles. The van der Waals surface area contributed by atoms with Gasteiger partial charge in [0.15, 0.2) is 0 Å². The second kappa shape index (κ2) is 8.30. The van der Waals surface area contributed by atoms with E-state index in [0.717, 1.165) is 18.3 Å². The van der Waals surface area contributed by atoms with Crippen molar-refractivity contribution in [2.45, 2.75) is 63.5 Å². The molecule has 0 spiro atoms. The van der Waals surface area contributed by atoms with Crippen LogP contribution in [0.2, 0.25) is 0 Å². The normalized spacial score (nSPS) is 36.7. The summed E-state index contributed by atoms with van der Waals surface area (Å²) in [7, 11) is 0. The zero-order chi connectivity index (χ0) is 13.5. The number of hydrogen-bond acceptors (Lipinski definition) is 4. The van der Waals surface area contributed by atoms with Crippen molar-refractivity contribution < 1.29 is 14.6 Å². The van der Waals surface area contributed by atoms with Gasteiger partial charge >= 0.3 is 0 Å². The van der Waals surface area contributed by atoms with Crippen LogP contribution >= 0.6 is 12.0 Å². The standard InChI is InChI=1S/C15H26O3S/c1-12-6-8-13(9-7-12)10-11-14-4-2-3-5-15(14)19-18-17-16/h10-16H,2-9H2,1H3/p-1. The Morgan fingerprint density at radius 3 is 2.47 bits per heavy atom. The summed E-state index contributed by atoms with van der Waals surface area (Å²) < 4.78 is 4.54. The molecule has 2 aliphatic carbocycles. The van der Waals surface area contributed by atoms with Gasteiger partial charge in [0.2, 0.25) is 0 Å². The van der Waals surface area contributed by atoms with Gasteiger partial charge in [0.05, 0.1) is 0 Å². The predicted octanol–water partition coefficient (Wildman–Crippen LogP) is 3.80. The van der Waals surface area contributed by atoms with Gasteiger partial charge in [-0.05, 0) is 43.4 Å². The summed E-state index contributed by atoms with van der Waals surface area (Å²) in [6.07, 6.45) is 15.0. The fourth-order valence-electron chi connectivity index (χ4n) is 3.31. The highest BCUT2D eigenvalue weighted by molar-refractivity contribution is 7.95. The van der Waals surface area contributed by atoms with Gasteiger partial charge < -0.3 is 5.26 Å². The first-order chi connectivity index (χ1) is 9.29. The summed E-state index contributed by atoms with van der Waals surface area (Å²) in [5, 5.41) is 13.8. The third-order valence-electron chi connectivity index (χ3n) is 4.64. The molecule has 0 amide bonds. The lowest BCUT2D eigenvalue weighted by molar-refractivity contribution is -0.777. The maximum atomic E-state index is 9.95. The fourth-order valence-corrected chi connectivity index (χ4v) is 4.08. The molecular weight excluding hydrogens is 260 g/mol.